The summed E-state index contributed by atoms with van der Waals surface area (Å²) in [6, 6.07) is 0. The van der Waals surface area contributed by atoms with Gasteiger partial charge in [-0.2, -0.15) is 0 Å². The summed E-state index contributed by atoms with van der Waals surface area (Å²) < 4.78 is 0. The third-order valence-corrected chi connectivity index (χ3v) is 4.39. The third-order valence-electron chi connectivity index (χ3n) is 4.39. The zero-order chi connectivity index (χ0) is 12.8. The molecule has 16 heavy (non-hydrogen) atoms. The number of hydrogen-bond donors (Lipinski definition) is 2. The Kier molecular flexibility index (Phi) is 6.57. The molecule has 0 amide bonds. The molecule has 0 heterocycles. The first-order valence-electron chi connectivity index (χ1n) is 6.82. The lowest BCUT2D eigenvalue weighted by Gasteiger charge is -2.45. The van der Waals surface area contributed by atoms with Crippen LogP contribution in [0.15, 0.2) is 0 Å². The van der Waals surface area contributed by atoms with Gasteiger partial charge >= 0.3 is 0 Å². The van der Waals surface area contributed by atoms with E-state index in [4.69, 9.17) is 11.5 Å². The summed E-state index contributed by atoms with van der Waals surface area (Å²) in [6.07, 6.45) is 5.71. The third kappa shape index (κ3) is 4.06. The maximum Gasteiger partial charge on any atom is 0.0180 e. The quantitative estimate of drug-likeness (QED) is 0.670. The van der Waals surface area contributed by atoms with E-state index in [0.29, 0.717) is 5.92 Å². The van der Waals surface area contributed by atoms with Crippen molar-refractivity contribution in [1.82, 2.24) is 0 Å². The molecule has 0 saturated carbocycles. The standard InChI is InChI=1S/C14H32N2/c1-6-9-14(5,16)13(4,7-2)11-12(3)8-10-15/h12H,6-11,15-16H2,1-5H3. The molecule has 4 N–H and O–H groups in total. The first-order chi connectivity index (χ1) is 7.33. The Morgan fingerprint density at radius 1 is 1.19 bits per heavy atom. The average molecular weight is 228 g/mol. The monoisotopic (exact) mass is 228 g/mol. The van der Waals surface area contributed by atoms with Gasteiger partial charge in [-0.25, -0.2) is 0 Å². The van der Waals surface area contributed by atoms with Crippen LogP contribution in [0.4, 0.5) is 0 Å². The summed E-state index contributed by atoms with van der Waals surface area (Å²) in [7, 11) is 0. The van der Waals surface area contributed by atoms with E-state index in [1.54, 1.807) is 0 Å². The van der Waals surface area contributed by atoms with Gasteiger partial charge in [0.1, 0.15) is 0 Å². The molecule has 0 bridgehead atoms. The smallest absolute Gasteiger partial charge is 0.0180 e. The molecule has 98 valence electrons. The largest absolute Gasteiger partial charge is 0.330 e. The summed E-state index contributed by atoms with van der Waals surface area (Å²) in [6.45, 7) is 12.1. The molecule has 3 atom stereocenters. The molecule has 0 saturated heterocycles. The van der Waals surface area contributed by atoms with Crippen molar-refractivity contribution in [3.8, 4) is 0 Å². The van der Waals surface area contributed by atoms with Gasteiger partial charge in [0, 0.05) is 5.54 Å². The van der Waals surface area contributed by atoms with Crippen LogP contribution in [-0.4, -0.2) is 12.1 Å². The molecule has 0 radical (unpaired) electrons. The van der Waals surface area contributed by atoms with E-state index in [2.05, 4.69) is 34.6 Å². The summed E-state index contributed by atoms with van der Waals surface area (Å²) in [5, 5.41) is 0. The number of nitrogens with two attached hydrogens (primary N) is 2. The van der Waals surface area contributed by atoms with Gasteiger partial charge in [-0.1, -0.05) is 34.1 Å². The van der Waals surface area contributed by atoms with Gasteiger partial charge in [0.15, 0.2) is 0 Å². The Hall–Kier alpha value is -0.0800. The van der Waals surface area contributed by atoms with E-state index in [9.17, 15) is 0 Å². The van der Waals surface area contributed by atoms with Crippen molar-refractivity contribution < 1.29 is 0 Å². The summed E-state index contributed by atoms with van der Waals surface area (Å²) in [4.78, 5) is 0. The fourth-order valence-electron chi connectivity index (χ4n) is 2.76. The van der Waals surface area contributed by atoms with E-state index in [-0.39, 0.29) is 11.0 Å². The van der Waals surface area contributed by atoms with Crippen molar-refractivity contribution >= 4 is 0 Å². The van der Waals surface area contributed by atoms with Crippen LogP contribution in [0.2, 0.25) is 0 Å². The molecule has 2 nitrogen and oxygen atoms in total. The Morgan fingerprint density at radius 2 is 1.75 bits per heavy atom. The number of rotatable bonds is 8. The van der Waals surface area contributed by atoms with Crippen molar-refractivity contribution in [1.29, 1.82) is 0 Å². The van der Waals surface area contributed by atoms with Crippen LogP contribution in [0.25, 0.3) is 0 Å². The van der Waals surface area contributed by atoms with Crippen LogP contribution in [0, 0.1) is 11.3 Å². The minimum Gasteiger partial charge on any atom is -0.330 e. The summed E-state index contributed by atoms with van der Waals surface area (Å²) in [5.74, 6) is 0.676. The molecular weight excluding hydrogens is 196 g/mol. The number of hydrogen-bond acceptors (Lipinski definition) is 2. The van der Waals surface area contributed by atoms with Gasteiger partial charge in [-0.15, -0.1) is 0 Å². The molecule has 0 aromatic heterocycles. The predicted octanol–water partition coefficient (Wildman–Crippen LogP) is 3.30. The Morgan fingerprint density at radius 3 is 2.12 bits per heavy atom. The van der Waals surface area contributed by atoms with E-state index >= 15 is 0 Å². The second-order valence-corrected chi connectivity index (χ2v) is 5.97. The second-order valence-electron chi connectivity index (χ2n) is 5.97. The van der Waals surface area contributed by atoms with Crippen LogP contribution in [0.3, 0.4) is 0 Å². The lowest BCUT2D eigenvalue weighted by atomic mass is 9.64. The fraction of sp³-hybridized carbons (Fsp3) is 1.00. The van der Waals surface area contributed by atoms with E-state index in [0.717, 1.165) is 32.2 Å². The highest BCUT2D eigenvalue weighted by atomic mass is 14.8. The molecule has 0 aromatic rings. The topological polar surface area (TPSA) is 52.0 Å². The average Bonchev–Trinajstić information content (AvgIpc) is 2.17. The Labute approximate surface area is 102 Å². The van der Waals surface area contributed by atoms with Gasteiger partial charge in [0.2, 0.25) is 0 Å². The van der Waals surface area contributed by atoms with Crippen LogP contribution in [-0.2, 0) is 0 Å². The van der Waals surface area contributed by atoms with Crippen molar-refractivity contribution in [2.75, 3.05) is 6.54 Å². The van der Waals surface area contributed by atoms with Crippen molar-refractivity contribution in [3.05, 3.63) is 0 Å². The molecule has 0 rings (SSSR count). The van der Waals surface area contributed by atoms with Crippen LogP contribution in [0.1, 0.15) is 66.7 Å². The van der Waals surface area contributed by atoms with E-state index in [1.165, 1.54) is 6.42 Å². The fourth-order valence-corrected chi connectivity index (χ4v) is 2.76. The lowest BCUT2D eigenvalue weighted by Crippen LogP contribution is -2.52. The molecule has 0 aromatic carbocycles. The van der Waals surface area contributed by atoms with Crippen LogP contribution < -0.4 is 11.5 Å². The van der Waals surface area contributed by atoms with E-state index < -0.39 is 0 Å². The highest BCUT2D eigenvalue weighted by molar-refractivity contribution is 4.96. The van der Waals surface area contributed by atoms with Crippen molar-refractivity contribution in [2.24, 2.45) is 22.8 Å². The molecule has 0 aliphatic rings. The zero-order valence-corrected chi connectivity index (χ0v) is 12.0. The van der Waals surface area contributed by atoms with E-state index in [1.807, 2.05) is 0 Å². The molecule has 0 spiro atoms. The normalized spacial score (nSPS) is 21.2. The maximum atomic E-state index is 6.53. The summed E-state index contributed by atoms with van der Waals surface area (Å²) in [5.41, 5.74) is 12.3. The molecule has 0 aliphatic heterocycles. The van der Waals surface area contributed by atoms with Gasteiger partial charge in [-0.05, 0) is 50.5 Å². The van der Waals surface area contributed by atoms with Crippen LogP contribution in [0.5, 0.6) is 0 Å². The molecular formula is C14H32N2. The predicted molar refractivity (Wildman–Crippen MR) is 73.4 cm³/mol. The highest BCUT2D eigenvalue weighted by Gasteiger charge is 2.39. The van der Waals surface area contributed by atoms with Crippen LogP contribution >= 0.6 is 0 Å². The van der Waals surface area contributed by atoms with Gasteiger partial charge < -0.3 is 11.5 Å². The molecule has 0 aliphatic carbocycles. The lowest BCUT2D eigenvalue weighted by molar-refractivity contribution is 0.103. The zero-order valence-electron chi connectivity index (χ0n) is 12.0. The Bertz CT molecular complexity index is 189. The minimum absolute atomic E-state index is 0.0562. The summed E-state index contributed by atoms with van der Waals surface area (Å²) >= 11 is 0. The first kappa shape index (κ1) is 15.9. The molecule has 3 unspecified atom stereocenters. The van der Waals surface area contributed by atoms with Crippen molar-refractivity contribution in [2.45, 2.75) is 72.3 Å². The second kappa shape index (κ2) is 6.61. The van der Waals surface area contributed by atoms with Crippen molar-refractivity contribution in [3.63, 3.8) is 0 Å². The molecule has 2 heteroatoms. The van der Waals surface area contributed by atoms with Gasteiger partial charge in [0.25, 0.3) is 0 Å². The molecule has 0 fully saturated rings. The van der Waals surface area contributed by atoms with Gasteiger partial charge in [-0.3, -0.25) is 0 Å². The van der Waals surface area contributed by atoms with Gasteiger partial charge in [0.05, 0.1) is 0 Å². The maximum absolute atomic E-state index is 6.53. The highest BCUT2D eigenvalue weighted by Crippen LogP contribution is 2.41. The minimum atomic E-state index is -0.0562. The first-order valence-corrected chi connectivity index (χ1v) is 6.82. The SMILES string of the molecule is CCCC(C)(N)C(C)(CC)CC(C)CCN. The Balaban J connectivity index is 4.62.